The zero-order chi connectivity index (χ0) is 20.6. The Morgan fingerprint density at radius 3 is 2.54 bits per heavy atom. The van der Waals surface area contributed by atoms with E-state index in [1.54, 1.807) is 11.4 Å². The molecule has 0 aliphatic rings. The van der Waals surface area contributed by atoms with E-state index in [0.717, 1.165) is 11.3 Å². The minimum atomic E-state index is -4.16. The van der Waals surface area contributed by atoms with Gasteiger partial charge in [0, 0.05) is 12.2 Å². The van der Waals surface area contributed by atoms with Crippen LogP contribution in [0.25, 0.3) is 0 Å². The van der Waals surface area contributed by atoms with Crippen LogP contribution in [0.5, 0.6) is 11.8 Å². The van der Waals surface area contributed by atoms with E-state index in [4.69, 9.17) is 14.2 Å². The highest BCUT2D eigenvalue weighted by molar-refractivity contribution is 7.92. The van der Waals surface area contributed by atoms with Gasteiger partial charge in [0.2, 0.25) is 17.7 Å². The van der Waals surface area contributed by atoms with E-state index in [-0.39, 0.29) is 41.6 Å². The minimum Gasteiger partial charge on any atom is -0.481 e. The molecule has 2 aromatic rings. The molecular formula is C15H19FN4O6S2. The summed E-state index contributed by atoms with van der Waals surface area (Å²) in [6.07, 6.45) is 0.219. The number of urea groups is 1. The third-order valence-corrected chi connectivity index (χ3v) is 6.08. The Kier molecular flexibility index (Phi) is 7.90. The molecular weight excluding hydrogens is 415 g/mol. The number of carbonyl (C=O) groups is 1. The normalized spacial score (nSPS) is 11.1. The second-order valence-corrected chi connectivity index (χ2v) is 7.96. The smallest absolute Gasteiger partial charge is 0.335 e. The van der Waals surface area contributed by atoms with Crippen molar-refractivity contribution in [3.8, 4) is 11.8 Å². The van der Waals surface area contributed by atoms with Gasteiger partial charge in [-0.2, -0.15) is 9.97 Å². The molecule has 0 fully saturated rings. The number of hydrogen-bond acceptors (Lipinski definition) is 9. The molecule has 0 unspecified atom stereocenters. The molecule has 2 N–H and O–H groups in total. The van der Waals surface area contributed by atoms with E-state index < -0.39 is 22.7 Å². The molecule has 0 aromatic carbocycles. The summed E-state index contributed by atoms with van der Waals surface area (Å²) in [6, 6.07) is 1.89. The number of nitrogens with zero attached hydrogens (tertiary/aromatic N) is 2. The van der Waals surface area contributed by atoms with Gasteiger partial charge in [0.15, 0.2) is 0 Å². The number of methoxy groups -OCH3 is 2. The maximum atomic E-state index is 12.5. The van der Waals surface area contributed by atoms with Crippen molar-refractivity contribution in [2.75, 3.05) is 32.8 Å². The van der Waals surface area contributed by atoms with Crippen molar-refractivity contribution in [2.45, 2.75) is 17.2 Å². The molecule has 0 atom stereocenters. The number of aromatic nitrogens is 2. The number of amides is 2. The molecule has 2 aromatic heterocycles. The Bertz CT molecular complexity index is 883. The Morgan fingerprint density at radius 2 is 1.93 bits per heavy atom. The molecule has 10 nitrogen and oxygen atoms in total. The largest absolute Gasteiger partial charge is 0.481 e. The summed E-state index contributed by atoms with van der Waals surface area (Å²) >= 11 is 0.925. The van der Waals surface area contributed by atoms with E-state index in [1.807, 2.05) is 4.72 Å². The van der Waals surface area contributed by atoms with Gasteiger partial charge in [-0.25, -0.2) is 17.9 Å². The number of anilines is 1. The topological polar surface area (TPSA) is 129 Å². The number of hydrogen-bond donors (Lipinski definition) is 2. The Morgan fingerprint density at radius 1 is 1.25 bits per heavy atom. The van der Waals surface area contributed by atoms with Gasteiger partial charge in [-0.05, 0) is 17.9 Å². The highest BCUT2D eigenvalue weighted by atomic mass is 32.2. The number of thiophene rings is 1. The number of alkyl halides is 1. The third-order valence-electron chi connectivity index (χ3n) is 3.18. The first kappa shape index (κ1) is 21.8. The van der Waals surface area contributed by atoms with Crippen LogP contribution in [-0.2, 0) is 21.4 Å². The predicted octanol–water partition coefficient (Wildman–Crippen LogP) is 1.94. The van der Waals surface area contributed by atoms with Crippen LogP contribution in [-0.4, -0.2) is 51.9 Å². The number of rotatable bonds is 10. The molecule has 2 amide bonds. The lowest BCUT2D eigenvalue weighted by atomic mass is 10.4. The van der Waals surface area contributed by atoms with E-state index >= 15 is 0 Å². The van der Waals surface area contributed by atoms with Gasteiger partial charge in [0.25, 0.3) is 10.0 Å². The van der Waals surface area contributed by atoms with E-state index in [9.17, 15) is 17.6 Å². The zero-order valence-corrected chi connectivity index (χ0v) is 16.7. The Balaban J connectivity index is 2.06. The second-order valence-electron chi connectivity index (χ2n) is 5.16. The number of carbonyl (C=O) groups excluding carboxylic acids is 1. The van der Waals surface area contributed by atoms with Crippen LogP contribution in [0.3, 0.4) is 0 Å². The van der Waals surface area contributed by atoms with Gasteiger partial charge >= 0.3 is 6.03 Å². The first-order valence-electron chi connectivity index (χ1n) is 7.90. The zero-order valence-electron chi connectivity index (χ0n) is 15.1. The fourth-order valence-corrected chi connectivity index (χ4v) is 4.26. The number of halogens is 1. The maximum Gasteiger partial charge on any atom is 0.335 e. The first-order valence-corrected chi connectivity index (χ1v) is 10.3. The van der Waals surface area contributed by atoms with Gasteiger partial charge in [-0.3, -0.25) is 9.71 Å². The predicted molar refractivity (Wildman–Crippen MR) is 99.0 cm³/mol. The summed E-state index contributed by atoms with van der Waals surface area (Å²) in [5.74, 6) is 0.0387. The molecule has 0 aliphatic carbocycles. The van der Waals surface area contributed by atoms with Crippen molar-refractivity contribution < 1.29 is 31.8 Å². The standard InChI is InChI=1S/C15H19FN4O6S2/c1-24-11-8-12(25-2)18-14(17-11)19-15(21)20-28(22,23)13-10(4-7-27-13)9-26-6-3-5-16/h4,7-8H,3,5-6,9H2,1-2H3,(H2,17,18,19,20,21). The molecule has 2 heterocycles. The molecule has 0 saturated heterocycles. The van der Waals surface area contributed by atoms with E-state index in [2.05, 4.69) is 15.3 Å². The van der Waals surface area contributed by atoms with Crippen LogP contribution in [0.1, 0.15) is 12.0 Å². The van der Waals surface area contributed by atoms with Gasteiger partial charge in [0.05, 0.1) is 33.6 Å². The molecule has 0 aliphatic heterocycles. The monoisotopic (exact) mass is 434 g/mol. The summed E-state index contributed by atoms with van der Waals surface area (Å²) in [6.45, 7) is -0.375. The summed E-state index contributed by atoms with van der Waals surface area (Å²) < 4.78 is 54.0. The van der Waals surface area contributed by atoms with Gasteiger partial charge in [0.1, 0.15) is 4.21 Å². The second kappa shape index (κ2) is 10.1. The summed E-state index contributed by atoms with van der Waals surface area (Å²) in [5.41, 5.74) is 0.364. The maximum absolute atomic E-state index is 12.5. The van der Waals surface area contributed by atoms with Crippen LogP contribution in [0.4, 0.5) is 15.1 Å². The van der Waals surface area contributed by atoms with E-state index in [0.29, 0.717) is 5.56 Å². The van der Waals surface area contributed by atoms with Crippen LogP contribution in [0.2, 0.25) is 0 Å². The molecule has 0 bridgehead atoms. The average Bonchev–Trinajstić information content (AvgIpc) is 3.14. The Labute approximate surface area is 165 Å². The van der Waals surface area contributed by atoms with Crippen molar-refractivity contribution in [1.82, 2.24) is 14.7 Å². The van der Waals surface area contributed by atoms with Crippen molar-refractivity contribution in [1.29, 1.82) is 0 Å². The number of sulfonamides is 1. The molecule has 154 valence electrons. The number of nitrogens with one attached hydrogen (secondary N) is 2. The van der Waals surface area contributed by atoms with Crippen molar-refractivity contribution in [3.63, 3.8) is 0 Å². The minimum absolute atomic E-state index is 0.0163. The summed E-state index contributed by atoms with van der Waals surface area (Å²) in [5, 5.41) is 3.76. The molecule has 13 heteroatoms. The lowest BCUT2D eigenvalue weighted by molar-refractivity contribution is 0.112. The van der Waals surface area contributed by atoms with Crippen LogP contribution in [0.15, 0.2) is 21.7 Å². The fourth-order valence-electron chi connectivity index (χ4n) is 1.97. The van der Waals surface area contributed by atoms with Gasteiger partial charge < -0.3 is 14.2 Å². The van der Waals surface area contributed by atoms with E-state index in [1.165, 1.54) is 20.3 Å². The average molecular weight is 434 g/mol. The van der Waals surface area contributed by atoms with Gasteiger partial charge in [-0.1, -0.05) is 0 Å². The fraction of sp³-hybridized carbons (Fsp3) is 0.400. The highest BCUT2D eigenvalue weighted by Gasteiger charge is 2.23. The first-order chi connectivity index (χ1) is 13.4. The van der Waals surface area contributed by atoms with Crippen LogP contribution >= 0.6 is 11.3 Å². The summed E-state index contributed by atoms with van der Waals surface area (Å²) in [4.78, 5) is 19.9. The van der Waals surface area contributed by atoms with Crippen molar-refractivity contribution in [3.05, 3.63) is 23.1 Å². The van der Waals surface area contributed by atoms with Crippen molar-refractivity contribution >= 4 is 33.3 Å². The van der Waals surface area contributed by atoms with Crippen LogP contribution in [0, 0.1) is 0 Å². The highest BCUT2D eigenvalue weighted by Crippen LogP contribution is 2.23. The summed E-state index contributed by atoms with van der Waals surface area (Å²) in [7, 11) is -1.43. The molecule has 0 spiro atoms. The molecule has 0 radical (unpaired) electrons. The van der Waals surface area contributed by atoms with Crippen molar-refractivity contribution in [2.24, 2.45) is 0 Å². The third kappa shape index (κ3) is 6.00. The lowest BCUT2D eigenvalue weighted by Gasteiger charge is -2.10. The van der Waals surface area contributed by atoms with Gasteiger partial charge in [-0.15, -0.1) is 11.3 Å². The molecule has 2 rings (SSSR count). The lowest BCUT2D eigenvalue weighted by Crippen LogP contribution is -2.35. The number of ether oxygens (including phenoxy) is 3. The Hall–Kier alpha value is -2.51. The SMILES string of the molecule is COc1cc(OC)nc(NC(=O)NS(=O)(=O)c2sccc2COCCCF)n1. The quantitative estimate of drug-likeness (QED) is 0.543. The molecule has 28 heavy (non-hydrogen) atoms. The van der Waals surface area contributed by atoms with Crippen LogP contribution < -0.4 is 19.5 Å². The molecule has 0 saturated carbocycles.